The van der Waals surface area contributed by atoms with Gasteiger partial charge in [0.25, 0.3) is 0 Å². The molecule has 0 radical (unpaired) electrons. The molecule has 0 atom stereocenters. The summed E-state index contributed by atoms with van der Waals surface area (Å²) < 4.78 is 6.69. The number of rotatable bonds is 6. The van der Waals surface area contributed by atoms with E-state index in [1.165, 1.54) is 0 Å². The van der Waals surface area contributed by atoms with Crippen molar-refractivity contribution in [1.82, 2.24) is 15.0 Å². The summed E-state index contributed by atoms with van der Waals surface area (Å²) in [7, 11) is 0. The summed E-state index contributed by atoms with van der Waals surface area (Å²) in [4.78, 5) is 18.8. The largest absolute Gasteiger partial charge is 0.455 e. The maximum absolute atomic E-state index is 9.70. The molecule has 6 heteroatoms. The van der Waals surface area contributed by atoms with Crippen LogP contribution in [0.5, 0.6) is 0 Å². The first kappa shape index (κ1) is 31.3. The Labute approximate surface area is 305 Å². The minimum absolute atomic E-state index is 0.516. The van der Waals surface area contributed by atoms with Gasteiger partial charge in [-0.2, -0.15) is 5.26 Å². The maximum Gasteiger partial charge on any atom is 0.187 e. The van der Waals surface area contributed by atoms with Crippen molar-refractivity contribution in [2.45, 2.75) is 0 Å². The fourth-order valence-corrected chi connectivity index (χ4v) is 6.79. The van der Waals surface area contributed by atoms with Gasteiger partial charge in [-0.3, -0.25) is 0 Å². The van der Waals surface area contributed by atoms with Gasteiger partial charge >= 0.3 is 0 Å². The molecule has 7 aromatic carbocycles. The van der Waals surface area contributed by atoms with Gasteiger partial charge in [0.05, 0.1) is 18.2 Å². The van der Waals surface area contributed by atoms with Gasteiger partial charge < -0.3 is 4.42 Å². The Hall–Kier alpha value is -7.67. The van der Waals surface area contributed by atoms with Crippen LogP contribution in [0.2, 0.25) is 0 Å². The number of fused-ring (bicyclic) bond motifs is 3. The second-order valence-electron chi connectivity index (χ2n) is 12.7. The molecule has 0 unspecified atom stereocenters. The lowest BCUT2D eigenvalue weighted by Crippen LogP contribution is -2.00. The van der Waals surface area contributed by atoms with Crippen LogP contribution in [-0.4, -0.2) is 15.0 Å². The summed E-state index contributed by atoms with van der Waals surface area (Å²) in [5.41, 5.74) is 10.8. The molecule has 0 fully saturated rings. The molecule has 9 rings (SSSR count). The van der Waals surface area contributed by atoms with Crippen LogP contribution in [0.4, 0.5) is 5.69 Å². The van der Waals surface area contributed by atoms with E-state index >= 15 is 0 Å². The summed E-state index contributed by atoms with van der Waals surface area (Å²) in [5.74, 6) is 1.64. The molecular weight excluding hydrogens is 651 g/mol. The minimum Gasteiger partial charge on any atom is -0.455 e. The fourth-order valence-electron chi connectivity index (χ4n) is 6.79. The average Bonchev–Trinajstić information content (AvgIpc) is 3.63. The molecule has 246 valence electrons. The molecular formula is C47H27N5O. The van der Waals surface area contributed by atoms with Crippen LogP contribution >= 0.6 is 0 Å². The van der Waals surface area contributed by atoms with Crippen molar-refractivity contribution >= 4 is 27.6 Å². The molecule has 0 aliphatic heterocycles. The summed E-state index contributed by atoms with van der Waals surface area (Å²) >= 11 is 0. The molecule has 0 saturated carbocycles. The highest BCUT2D eigenvalue weighted by Gasteiger charge is 2.21. The van der Waals surface area contributed by atoms with Gasteiger partial charge in [0.1, 0.15) is 11.2 Å². The van der Waals surface area contributed by atoms with E-state index in [2.05, 4.69) is 59.4 Å². The van der Waals surface area contributed by atoms with Gasteiger partial charge in [-0.1, -0.05) is 127 Å². The van der Waals surface area contributed by atoms with Gasteiger partial charge in [-0.25, -0.2) is 19.8 Å². The zero-order valence-corrected chi connectivity index (χ0v) is 28.2. The predicted octanol–water partition coefficient (Wildman–Crippen LogP) is 12.2. The van der Waals surface area contributed by atoms with E-state index in [-0.39, 0.29) is 0 Å². The summed E-state index contributed by atoms with van der Waals surface area (Å²) in [6.45, 7) is 7.66. The number of hydrogen-bond donors (Lipinski definition) is 0. The first-order valence-corrected chi connectivity index (χ1v) is 17.1. The normalized spacial score (nSPS) is 11.0. The average molecular weight is 678 g/mol. The third kappa shape index (κ3) is 5.87. The Kier molecular flexibility index (Phi) is 7.82. The second kappa shape index (κ2) is 13.2. The standard InChI is InChI=1S/C47H27N5O/c1-49-38-18-9-17-36(26-38)40-27-37(35-16-8-11-30(25-35)29-48)28-41-43-39(19-10-20-42(43)53-44(40)41)47-51-45(33-14-6-3-7-15-33)50-46(52-47)34-23-21-32(22-24-34)31-12-4-2-5-13-31/h2-28H. The summed E-state index contributed by atoms with van der Waals surface area (Å²) in [6, 6.07) is 56.0. The van der Waals surface area contributed by atoms with Crippen molar-refractivity contribution in [3.8, 4) is 73.6 Å². The zero-order valence-electron chi connectivity index (χ0n) is 28.2. The van der Waals surface area contributed by atoms with Gasteiger partial charge in [-0.15, -0.1) is 0 Å². The lowest BCUT2D eigenvalue weighted by molar-refractivity contribution is 0.670. The highest BCUT2D eigenvalue weighted by Crippen LogP contribution is 2.43. The Bertz CT molecular complexity index is 2900. The van der Waals surface area contributed by atoms with Crippen LogP contribution in [0.25, 0.3) is 94.3 Å². The molecule has 53 heavy (non-hydrogen) atoms. The van der Waals surface area contributed by atoms with Crippen molar-refractivity contribution < 1.29 is 4.42 Å². The number of nitriles is 1. The third-order valence-corrected chi connectivity index (χ3v) is 9.37. The van der Waals surface area contributed by atoms with E-state index in [1.807, 2.05) is 103 Å². The van der Waals surface area contributed by atoms with E-state index in [9.17, 15) is 5.26 Å². The molecule has 0 amide bonds. The van der Waals surface area contributed by atoms with Crippen LogP contribution in [0.15, 0.2) is 168 Å². The molecule has 0 spiro atoms. The second-order valence-corrected chi connectivity index (χ2v) is 12.7. The molecule has 0 bridgehead atoms. The van der Waals surface area contributed by atoms with E-state index in [0.29, 0.717) is 39.9 Å². The van der Waals surface area contributed by atoms with Crippen LogP contribution in [0.1, 0.15) is 5.56 Å². The van der Waals surface area contributed by atoms with Crippen molar-refractivity contribution in [1.29, 1.82) is 5.26 Å². The van der Waals surface area contributed by atoms with Crippen LogP contribution in [-0.2, 0) is 0 Å². The SMILES string of the molecule is [C-]#[N+]c1cccc(-c2cc(-c3cccc(C#N)c3)cc3c2oc2cccc(-c4nc(-c5ccccc5)nc(-c5ccc(-c6ccccc6)cc5)n4)c23)c1. The Morgan fingerprint density at radius 2 is 1.09 bits per heavy atom. The first-order chi connectivity index (χ1) is 26.1. The zero-order chi connectivity index (χ0) is 35.7. The van der Waals surface area contributed by atoms with E-state index in [0.717, 1.165) is 60.8 Å². The lowest BCUT2D eigenvalue weighted by Gasteiger charge is -2.11. The van der Waals surface area contributed by atoms with Gasteiger partial charge in [0.2, 0.25) is 0 Å². The monoisotopic (exact) mass is 677 g/mol. The summed E-state index contributed by atoms with van der Waals surface area (Å²) in [5, 5.41) is 11.4. The van der Waals surface area contributed by atoms with Crippen molar-refractivity contribution in [3.63, 3.8) is 0 Å². The number of nitrogens with zero attached hydrogens (tertiary/aromatic N) is 5. The Morgan fingerprint density at radius 3 is 1.83 bits per heavy atom. The quantitative estimate of drug-likeness (QED) is 0.164. The number of hydrogen-bond acceptors (Lipinski definition) is 5. The first-order valence-electron chi connectivity index (χ1n) is 17.1. The van der Waals surface area contributed by atoms with Crippen LogP contribution in [0.3, 0.4) is 0 Å². The van der Waals surface area contributed by atoms with E-state index in [4.69, 9.17) is 25.9 Å². The highest BCUT2D eigenvalue weighted by atomic mass is 16.3. The summed E-state index contributed by atoms with van der Waals surface area (Å²) in [6.07, 6.45) is 0. The number of furan rings is 1. The van der Waals surface area contributed by atoms with E-state index < -0.39 is 0 Å². The fraction of sp³-hybridized carbons (Fsp3) is 0. The predicted molar refractivity (Wildman–Crippen MR) is 211 cm³/mol. The molecule has 2 aromatic heterocycles. The lowest BCUT2D eigenvalue weighted by atomic mass is 9.94. The Morgan fingerprint density at radius 1 is 0.491 bits per heavy atom. The van der Waals surface area contributed by atoms with Gasteiger partial charge in [0, 0.05) is 33.0 Å². The topological polar surface area (TPSA) is 80.0 Å². The highest BCUT2D eigenvalue weighted by molar-refractivity contribution is 6.16. The third-order valence-electron chi connectivity index (χ3n) is 9.37. The molecule has 0 saturated heterocycles. The van der Waals surface area contributed by atoms with Crippen LogP contribution < -0.4 is 0 Å². The van der Waals surface area contributed by atoms with E-state index in [1.54, 1.807) is 12.1 Å². The van der Waals surface area contributed by atoms with Gasteiger partial charge in [0.15, 0.2) is 23.2 Å². The van der Waals surface area contributed by atoms with Gasteiger partial charge in [-0.05, 0) is 64.2 Å². The van der Waals surface area contributed by atoms with Crippen molar-refractivity contribution in [2.75, 3.05) is 0 Å². The molecule has 9 aromatic rings. The minimum atomic E-state index is 0.516. The molecule has 0 N–H and O–H groups in total. The molecule has 2 heterocycles. The molecule has 6 nitrogen and oxygen atoms in total. The number of benzene rings is 7. The Balaban J connectivity index is 1.29. The van der Waals surface area contributed by atoms with Crippen molar-refractivity contribution in [3.05, 3.63) is 181 Å². The smallest absolute Gasteiger partial charge is 0.187 e. The number of aromatic nitrogens is 3. The van der Waals surface area contributed by atoms with Crippen LogP contribution in [0, 0.1) is 17.9 Å². The maximum atomic E-state index is 9.70. The van der Waals surface area contributed by atoms with Crippen molar-refractivity contribution in [2.24, 2.45) is 0 Å². The molecule has 0 aliphatic rings. The molecule has 0 aliphatic carbocycles.